The van der Waals surface area contributed by atoms with Gasteiger partial charge in [-0.2, -0.15) is 0 Å². The Bertz CT molecular complexity index is 771. The number of nitrogens with zero attached hydrogens (tertiary/aromatic N) is 4. The molecule has 0 spiro atoms. The van der Waals surface area contributed by atoms with Crippen LogP contribution in [0.5, 0.6) is 0 Å². The molecule has 1 aromatic carbocycles. The summed E-state index contributed by atoms with van der Waals surface area (Å²) in [4.78, 5) is 4.53. The summed E-state index contributed by atoms with van der Waals surface area (Å²) in [7, 11) is 0. The number of hydrogen-bond donors (Lipinski definition) is 0. The van der Waals surface area contributed by atoms with Gasteiger partial charge in [-0.25, -0.2) is 9.07 Å². The number of pyridine rings is 1. The van der Waals surface area contributed by atoms with E-state index < -0.39 is 0 Å². The lowest BCUT2D eigenvalue weighted by molar-refractivity contribution is 0.617. The van der Waals surface area contributed by atoms with Crippen molar-refractivity contribution in [3.8, 4) is 0 Å². The molecule has 21 heavy (non-hydrogen) atoms. The van der Waals surface area contributed by atoms with Gasteiger partial charge in [0.2, 0.25) is 0 Å². The highest BCUT2D eigenvalue weighted by molar-refractivity contribution is 9.09. The molecule has 0 amide bonds. The van der Waals surface area contributed by atoms with Crippen LogP contribution < -0.4 is 0 Å². The molecule has 0 aliphatic carbocycles. The first kappa shape index (κ1) is 14.1. The lowest BCUT2D eigenvalue weighted by atomic mass is 10.1. The van der Waals surface area contributed by atoms with Crippen LogP contribution in [0.2, 0.25) is 0 Å². The van der Waals surface area contributed by atoms with E-state index in [0.717, 1.165) is 28.6 Å². The first-order valence-electron chi connectivity index (χ1n) is 6.74. The first-order valence-corrected chi connectivity index (χ1v) is 7.66. The smallest absolute Gasteiger partial charge is 0.124 e. The van der Waals surface area contributed by atoms with Crippen molar-refractivity contribution in [2.24, 2.45) is 0 Å². The monoisotopic (exact) mass is 348 g/mol. The van der Waals surface area contributed by atoms with Crippen molar-refractivity contribution in [3.05, 3.63) is 53.7 Å². The van der Waals surface area contributed by atoms with E-state index in [9.17, 15) is 4.39 Å². The average Bonchev–Trinajstić information content (AvgIpc) is 2.95. The van der Waals surface area contributed by atoms with Crippen LogP contribution in [0, 0.1) is 5.82 Å². The third kappa shape index (κ3) is 2.95. The van der Waals surface area contributed by atoms with Gasteiger partial charge in [-0.3, -0.25) is 4.98 Å². The quantitative estimate of drug-likeness (QED) is 0.672. The molecular weight excluding hydrogens is 335 g/mol. The van der Waals surface area contributed by atoms with Crippen LogP contribution in [0.4, 0.5) is 4.39 Å². The maximum atomic E-state index is 13.7. The van der Waals surface area contributed by atoms with E-state index in [2.05, 4.69) is 38.1 Å². The molecule has 4 nitrogen and oxygen atoms in total. The van der Waals surface area contributed by atoms with Gasteiger partial charge < -0.3 is 0 Å². The minimum absolute atomic E-state index is 0.189. The van der Waals surface area contributed by atoms with Gasteiger partial charge in [0.15, 0.2) is 0 Å². The van der Waals surface area contributed by atoms with E-state index in [1.54, 1.807) is 16.9 Å². The molecule has 0 radical (unpaired) electrons. The largest absolute Gasteiger partial charge is 0.256 e. The highest BCUT2D eigenvalue weighted by atomic mass is 79.9. The molecule has 3 aromatic rings. The van der Waals surface area contributed by atoms with Gasteiger partial charge in [-0.15, -0.1) is 5.10 Å². The predicted octanol–water partition coefficient (Wildman–Crippen LogP) is 3.86. The molecule has 0 bridgehead atoms. The van der Waals surface area contributed by atoms with E-state index in [4.69, 9.17) is 0 Å². The Balaban J connectivity index is 1.96. The summed E-state index contributed by atoms with van der Waals surface area (Å²) >= 11 is 3.55. The molecule has 0 aliphatic heterocycles. The Morgan fingerprint density at radius 1 is 1.38 bits per heavy atom. The van der Waals surface area contributed by atoms with Crippen LogP contribution >= 0.6 is 15.9 Å². The fraction of sp³-hybridized carbons (Fsp3) is 0.267. The number of halogens is 2. The van der Waals surface area contributed by atoms with Crippen molar-refractivity contribution in [1.29, 1.82) is 0 Å². The summed E-state index contributed by atoms with van der Waals surface area (Å²) in [5, 5.41) is 9.03. The summed E-state index contributed by atoms with van der Waals surface area (Å²) in [6, 6.07) is 6.65. The lowest BCUT2D eigenvalue weighted by Crippen LogP contribution is -2.02. The van der Waals surface area contributed by atoms with Gasteiger partial charge in [0, 0.05) is 23.3 Å². The van der Waals surface area contributed by atoms with Gasteiger partial charge in [-0.1, -0.05) is 34.1 Å². The van der Waals surface area contributed by atoms with Gasteiger partial charge in [0.25, 0.3) is 0 Å². The number of hydrogen-bond acceptors (Lipinski definition) is 3. The molecule has 0 saturated heterocycles. The Morgan fingerprint density at radius 2 is 2.24 bits per heavy atom. The van der Waals surface area contributed by atoms with Crippen molar-refractivity contribution >= 4 is 26.8 Å². The minimum Gasteiger partial charge on any atom is -0.256 e. The maximum absolute atomic E-state index is 13.7. The Kier molecular flexibility index (Phi) is 3.96. The fourth-order valence-corrected chi connectivity index (χ4v) is 2.48. The van der Waals surface area contributed by atoms with Gasteiger partial charge in [0.05, 0.1) is 22.6 Å². The minimum atomic E-state index is -0.266. The van der Waals surface area contributed by atoms with E-state index in [1.807, 2.05) is 12.3 Å². The zero-order valence-corrected chi connectivity index (χ0v) is 13.1. The van der Waals surface area contributed by atoms with Crippen molar-refractivity contribution < 1.29 is 4.39 Å². The third-order valence-electron chi connectivity index (χ3n) is 3.32. The second kappa shape index (κ2) is 5.89. The predicted molar refractivity (Wildman–Crippen MR) is 82.8 cm³/mol. The van der Waals surface area contributed by atoms with E-state index in [0.29, 0.717) is 6.54 Å². The van der Waals surface area contributed by atoms with E-state index >= 15 is 0 Å². The highest BCUT2D eigenvalue weighted by Gasteiger charge is 2.11. The number of fused-ring (bicyclic) bond motifs is 1. The number of rotatable bonds is 4. The fourth-order valence-electron chi connectivity index (χ4n) is 2.27. The van der Waals surface area contributed by atoms with E-state index in [-0.39, 0.29) is 10.6 Å². The lowest BCUT2D eigenvalue weighted by Gasteiger charge is -2.06. The molecule has 0 aliphatic rings. The van der Waals surface area contributed by atoms with Crippen LogP contribution in [0.3, 0.4) is 0 Å². The molecule has 108 valence electrons. The molecule has 3 rings (SSSR count). The van der Waals surface area contributed by atoms with Crippen LogP contribution in [0.25, 0.3) is 10.9 Å². The maximum Gasteiger partial charge on any atom is 0.124 e. The van der Waals surface area contributed by atoms with Crippen LogP contribution in [-0.4, -0.2) is 20.0 Å². The molecule has 1 unspecified atom stereocenters. The number of aromatic nitrogens is 4. The molecule has 0 N–H and O–H groups in total. The Morgan fingerprint density at radius 3 is 3.05 bits per heavy atom. The molecule has 6 heteroatoms. The molecule has 2 aromatic heterocycles. The van der Waals surface area contributed by atoms with Crippen molar-refractivity contribution in [2.45, 2.75) is 24.7 Å². The molecule has 1 atom stereocenters. The third-order valence-corrected chi connectivity index (χ3v) is 4.43. The van der Waals surface area contributed by atoms with E-state index in [1.165, 1.54) is 12.1 Å². The Labute approximate surface area is 130 Å². The highest BCUT2D eigenvalue weighted by Crippen LogP contribution is 2.24. The summed E-state index contributed by atoms with van der Waals surface area (Å²) in [5.41, 5.74) is 2.47. The first-order chi connectivity index (χ1) is 10.2. The average molecular weight is 349 g/mol. The number of benzene rings is 1. The van der Waals surface area contributed by atoms with Gasteiger partial charge in [-0.05, 0) is 24.6 Å². The van der Waals surface area contributed by atoms with Crippen LogP contribution in [-0.2, 0) is 6.54 Å². The second-order valence-corrected chi connectivity index (χ2v) is 5.96. The van der Waals surface area contributed by atoms with Gasteiger partial charge >= 0.3 is 0 Å². The standard InChI is InChI=1S/C15H14BrFN4/c1-2-13(16)14-9-21(20-19-14)8-11-7-12(17)6-10-4-3-5-18-15(10)11/h3-7,9,13H,2,8H2,1H3. The summed E-state index contributed by atoms with van der Waals surface area (Å²) in [5.74, 6) is -0.266. The second-order valence-electron chi connectivity index (χ2n) is 4.86. The van der Waals surface area contributed by atoms with Crippen molar-refractivity contribution in [1.82, 2.24) is 20.0 Å². The zero-order valence-electron chi connectivity index (χ0n) is 11.5. The topological polar surface area (TPSA) is 43.6 Å². The zero-order chi connectivity index (χ0) is 14.8. The number of alkyl halides is 1. The summed E-state index contributed by atoms with van der Waals surface area (Å²) in [6.45, 7) is 2.52. The normalized spacial score (nSPS) is 12.7. The van der Waals surface area contributed by atoms with Crippen LogP contribution in [0.1, 0.15) is 29.4 Å². The van der Waals surface area contributed by atoms with Crippen LogP contribution in [0.15, 0.2) is 36.7 Å². The molecule has 0 saturated carbocycles. The Hall–Kier alpha value is -1.82. The van der Waals surface area contributed by atoms with Crippen molar-refractivity contribution in [3.63, 3.8) is 0 Å². The van der Waals surface area contributed by atoms with Crippen molar-refractivity contribution in [2.75, 3.05) is 0 Å². The molecule has 2 heterocycles. The molecular formula is C15H14BrFN4. The summed E-state index contributed by atoms with van der Waals surface area (Å²) in [6.07, 6.45) is 4.52. The molecule has 0 fully saturated rings. The van der Waals surface area contributed by atoms with Gasteiger partial charge in [0.1, 0.15) is 5.82 Å². The SMILES string of the molecule is CCC(Br)c1cn(Cc2cc(F)cc3cccnc23)nn1. The summed E-state index contributed by atoms with van der Waals surface area (Å²) < 4.78 is 15.4.